The Kier molecular flexibility index (Phi) is 4.83. The molecule has 1 aliphatic carbocycles. The molecule has 4 heteroatoms. The van der Waals surface area contributed by atoms with E-state index >= 15 is 0 Å². The van der Waals surface area contributed by atoms with Crippen LogP contribution in [0.5, 0.6) is 0 Å². The van der Waals surface area contributed by atoms with Crippen molar-refractivity contribution in [2.45, 2.75) is 64.3 Å². The van der Waals surface area contributed by atoms with Crippen molar-refractivity contribution >= 4 is 11.9 Å². The van der Waals surface area contributed by atoms with E-state index < -0.39 is 5.97 Å². The molecule has 0 aromatic rings. The molecule has 0 spiro atoms. The fourth-order valence-corrected chi connectivity index (χ4v) is 3.59. The molecule has 1 amide bonds. The highest BCUT2D eigenvalue weighted by Gasteiger charge is 2.35. The van der Waals surface area contributed by atoms with Crippen molar-refractivity contribution in [3.8, 4) is 0 Å². The van der Waals surface area contributed by atoms with Gasteiger partial charge in [-0.1, -0.05) is 13.3 Å². The van der Waals surface area contributed by atoms with E-state index in [1.807, 2.05) is 4.90 Å². The Morgan fingerprint density at radius 1 is 1.11 bits per heavy atom. The average Bonchev–Trinajstić information content (AvgIpc) is 2.46. The summed E-state index contributed by atoms with van der Waals surface area (Å²) in [6.45, 7) is 3.00. The summed E-state index contributed by atoms with van der Waals surface area (Å²) in [6, 6.07) is 0.381. The molecule has 1 heterocycles. The predicted octanol–water partition coefficient (Wildman–Crippen LogP) is 2.67. The van der Waals surface area contributed by atoms with Crippen LogP contribution in [0.15, 0.2) is 0 Å². The fraction of sp³-hybridized carbons (Fsp3) is 0.867. The van der Waals surface area contributed by atoms with Gasteiger partial charge in [0.25, 0.3) is 0 Å². The maximum Gasteiger partial charge on any atom is 0.306 e. The Morgan fingerprint density at radius 2 is 1.84 bits per heavy atom. The van der Waals surface area contributed by atoms with Gasteiger partial charge in [-0.15, -0.1) is 0 Å². The zero-order valence-corrected chi connectivity index (χ0v) is 11.8. The van der Waals surface area contributed by atoms with Gasteiger partial charge in [-0.2, -0.15) is 0 Å². The van der Waals surface area contributed by atoms with Gasteiger partial charge in [0, 0.05) is 18.5 Å². The van der Waals surface area contributed by atoms with E-state index in [0.29, 0.717) is 12.5 Å². The smallest absolute Gasteiger partial charge is 0.306 e. The molecule has 1 saturated heterocycles. The number of nitrogens with zero attached hydrogens (tertiary/aromatic N) is 1. The summed E-state index contributed by atoms with van der Waals surface area (Å²) < 4.78 is 0. The second kappa shape index (κ2) is 6.40. The van der Waals surface area contributed by atoms with Gasteiger partial charge in [-0.05, 0) is 44.9 Å². The highest BCUT2D eigenvalue weighted by Crippen LogP contribution is 2.32. The van der Waals surface area contributed by atoms with Crippen molar-refractivity contribution in [3.05, 3.63) is 0 Å². The number of rotatable bonds is 3. The molecule has 108 valence electrons. The Labute approximate surface area is 115 Å². The third-order valence-corrected chi connectivity index (χ3v) is 4.75. The van der Waals surface area contributed by atoms with Crippen LogP contribution in [0, 0.1) is 11.8 Å². The molecule has 4 nitrogen and oxygen atoms in total. The lowest BCUT2D eigenvalue weighted by atomic mass is 9.80. The van der Waals surface area contributed by atoms with E-state index in [-0.39, 0.29) is 17.7 Å². The molecule has 0 aromatic heterocycles. The summed E-state index contributed by atoms with van der Waals surface area (Å²) in [5.41, 5.74) is 0. The van der Waals surface area contributed by atoms with Crippen LogP contribution in [0.25, 0.3) is 0 Å². The van der Waals surface area contributed by atoms with E-state index in [1.165, 1.54) is 6.42 Å². The van der Waals surface area contributed by atoms with E-state index in [1.54, 1.807) is 0 Å². The van der Waals surface area contributed by atoms with Gasteiger partial charge >= 0.3 is 5.97 Å². The van der Waals surface area contributed by atoms with E-state index in [0.717, 1.165) is 45.1 Å². The maximum absolute atomic E-state index is 12.6. The summed E-state index contributed by atoms with van der Waals surface area (Å²) in [5.74, 6) is -0.879. The van der Waals surface area contributed by atoms with Crippen molar-refractivity contribution in [2.75, 3.05) is 6.54 Å². The van der Waals surface area contributed by atoms with Gasteiger partial charge < -0.3 is 10.0 Å². The Bertz CT molecular complexity index is 342. The van der Waals surface area contributed by atoms with Crippen molar-refractivity contribution in [1.29, 1.82) is 0 Å². The lowest BCUT2D eigenvalue weighted by Gasteiger charge is -2.39. The number of carbonyl (C=O) groups is 2. The Morgan fingerprint density at radius 3 is 2.53 bits per heavy atom. The normalized spacial score (nSPS) is 32.1. The Balaban J connectivity index is 1.99. The number of carbonyl (C=O) groups excluding carboxylic acids is 1. The zero-order valence-electron chi connectivity index (χ0n) is 11.8. The summed E-state index contributed by atoms with van der Waals surface area (Å²) in [5, 5.41) is 9.12. The number of carboxylic acids is 1. The van der Waals surface area contributed by atoms with Gasteiger partial charge in [0.1, 0.15) is 0 Å². The molecule has 1 N–H and O–H groups in total. The zero-order chi connectivity index (χ0) is 13.8. The molecule has 19 heavy (non-hydrogen) atoms. The molecular weight excluding hydrogens is 242 g/mol. The van der Waals surface area contributed by atoms with Gasteiger partial charge in [0.05, 0.1) is 5.92 Å². The number of carboxylic acid groups (broad SMARTS) is 1. The molecule has 0 aromatic carbocycles. The van der Waals surface area contributed by atoms with Crippen LogP contribution < -0.4 is 0 Å². The van der Waals surface area contributed by atoms with Crippen LogP contribution in [0.4, 0.5) is 0 Å². The number of aliphatic carboxylic acids is 1. The van der Waals surface area contributed by atoms with Gasteiger partial charge in [-0.3, -0.25) is 9.59 Å². The van der Waals surface area contributed by atoms with Crippen LogP contribution >= 0.6 is 0 Å². The van der Waals surface area contributed by atoms with Crippen molar-refractivity contribution < 1.29 is 14.7 Å². The second-order valence-corrected chi connectivity index (χ2v) is 5.99. The number of piperidine rings is 1. The average molecular weight is 267 g/mol. The molecule has 2 aliphatic rings. The second-order valence-electron chi connectivity index (χ2n) is 5.99. The monoisotopic (exact) mass is 267 g/mol. The molecule has 0 radical (unpaired) electrons. The molecule has 1 aliphatic heterocycles. The van der Waals surface area contributed by atoms with Crippen LogP contribution in [0.1, 0.15) is 58.3 Å². The van der Waals surface area contributed by atoms with Crippen molar-refractivity contribution in [1.82, 2.24) is 4.90 Å². The third kappa shape index (κ3) is 3.28. The third-order valence-electron chi connectivity index (χ3n) is 4.75. The van der Waals surface area contributed by atoms with Crippen LogP contribution in [0.3, 0.4) is 0 Å². The number of hydrogen-bond donors (Lipinski definition) is 1. The largest absolute Gasteiger partial charge is 0.481 e. The first-order chi connectivity index (χ1) is 9.13. The molecule has 1 saturated carbocycles. The quantitative estimate of drug-likeness (QED) is 0.855. The number of amides is 1. The molecule has 3 unspecified atom stereocenters. The highest BCUT2D eigenvalue weighted by atomic mass is 16.4. The predicted molar refractivity (Wildman–Crippen MR) is 72.7 cm³/mol. The van der Waals surface area contributed by atoms with Crippen LogP contribution in [0.2, 0.25) is 0 Å². The topological polar surface area (TPSA) is 57.6 Å². The SMILES string of the molecule is CCC1CCCCN1C(=O)C1CCCC(C(=O)O)C1. The molecule has 2 fully saturated rings. The fourth-order valence-electron chi connectivity index (χ4n) is 3.59. The summed E-state index contributed by atoms with van der Waals surface area (Å²) in [4.78, 5) is 25.8. The standard InChI is InChI=1S/C15H25NO3/c1-2-13-8-3-4-9-16(13)14(17)11-6-5-7-12(10-11)15(18)19/h11-13H,2-10H2,1H3,(H,18,19). The van der Waals surface area contributed by atoms with Crippen molar-refractivity contribution in [2.24, 2.45) is 11.8 Å². The molecular formula is C15H25NO3. The van der Waals surface area contributed by atoms with E-state index in [4.69, 9.17) is 5.11 Å². The van der Waals surface area contributed by atoms with E-state index in [2.05, 4.69) is 6.92 Å². The molecule has 3 atom stereocenters. The van der Waals surface area contributed by atoms with Crippen LogP contribution in [-0.2, 0) is 9.59 Å². The molecule has 2 rings (SSSR count). The molecule has 0 bridgehead atoms. The lowest BCUT2D eigenvalue weighted by Crippen LogP contribution is -2.47. The first-order valence-electron chi connectivity index (χ1n) is 7.66. The number of hydrogen-bond acceptors (Lipinski definition) is 2. The van der Waals surface area contributed by atoms with Crippen molar-refractivity contribution in [3.63, 3.8) is 0 Å². The van der Waals surface area contributed by atoms with Gasteiger partial charge in [0.2, 0.25) is 5.91 Å². The summed E-state index contributed by atoms with van der Waals surface area (Å²) >= 11 is 0. The lowest BCUT2D eigenvalue weighted by molar-refractivity contribution is -0.146. The maximum atomic E-state index is 12.6. The van der Waals surface area contributed by atoms with E-state index in [9.17, 15) is 9.59 Å². The van der Waals surface area contributed by atoms with Gasteiger partial charge in [-0.25, -0.2) is 0 Å². The first kappa shape index (κ1) is 14.4. The first-order valence-corrected chi connectivity index (χ1v) is 7.66. The summed E-state index contributed by atoms with van der Waals surface area (Å²) in [7, 11) is 0. The minimum atomic E-state index is -0.733. The minimum Gasteiger partial charge on any atom is -0.481 e. The minimum absolute atomic E-state index is 0.0537. The van der Waals surface area contributed by atoms with Crippen LogP contribution in [-0.4, -0.2) is 34.5 Å². The highest BCUT2D eigenvalue weighted by molar-refractivity contribution is 5.80. The number of likely N-dealkylation sites (tertiary alicyclic amines) is 1. The Hall–Kier alpha value is -1.06. The summed E-state index contributed by atoms with van der Waals surface area (Å²) in [6.07, 6.45) is 7.45. The van der Waals surface area contributed by atoms with Gasteiger partial charge in [0.15, 0.2) is 0 Å².